The third-order valence-electron chi connectivity index (χ3n) is 3.61. The van der Waals surface area contributed by atoms with Crippen molar-refractivity contribution in [2.24, 2.45) is 0 Å². The van der Waals surface area contributed by atoms with E-state index >= 15 is 0 Å². The maximum Gasteiger partial charge on any atom is 0.239 e. The number of carbonyl (C=O) groups is 1. The molecule has 0 aliphatic rings. The molecule has 0 aliphatic carbocycles. The molecule has 0 spiro atoms. The molecule has 1 aromatic carbocycles. The molecule has 0 saturated carbocycles. The second-order valence-electron chi connectivity index (χ2n) is 5.70. The SMILES string of the molecule is COc1cc(Cl)c(C)cc1NC(=O)CN(Cc1ccccn1)S(C)(=O)=O. The van der Waals surface area contributed by atoms with Gasteiger partial charge < -0.3 is 10.1 Å². The lowest BCUT2D eigenvalue weighted by molar-refractivity contribution is -0.116. The number of methoxy groups -OCH3 is 1. The maximum atomic E-state index is 12.4. The molecule has 1 N–H and O–H groups in total. The van der Waals surface area contributed by atoms with Gasteiger partial charge >= 0.3 is 0 Å². The molecule has 1 amide bonds. The third-order valence-corrected chi connectivity index (χ3v) is 5.21. The predicted octanol–water partition coefficient (Wildman–Crippen LogP) is 2.45. The van der Waals surface area contributed by atoms with E-state index in [1.54, 1.807) is 43.5 Å². The van der Waals surface area contributed by atoms with E-state index in [0.29, 0.717) is 22.2 Å². The van der Waals surface area contributed by atoms with Gasteiger partial charge in [0.2, 0.25) is 15.9 Å². The van der Waals surface area contributed by atoms with Gasteiger partial charge in [-0.05, 0) is 30.7 Å². The number of sulfonamides is 1. The number of carbonyl (C=O) groups excluding carboxylic acids is 1. The van der Waals surface area contributed by atoms with Crippen LogP contribution in [0.4, 0.5) is 5.69 Å². The zero-order chi connectivity index (χ0) is 19.3. The first kappa shape index (κ1) is 20.2. The number of nitrogens with zero attached hydrogens (tertiary/aromatic N) is 2. The van der Waals surface area contributed by atoms with Gasteiger partial charge in [-0.2, -0.15) is 4.31 Å². The number of amides is 1. The average Bonchev–Trinajstić information content (AvgIpc) is 2.57. The van der Waals surface area contributed by atoms with Crippen LogP contribution in [0.3, 0.4) is 0 Å². The molecule has 0 fully saturated rings. The molecule has 140 valence electrons. The van der Waals surface area contributed by atoms with Gasteiger partial charge in [0.1, 0.15) is 5.75 Å². The molecule has 0 atom stereocenters. The van der Waals surface area contributed by atoms with Crippen LogP contribution < -0.4 is 10.1 Å². The van der Waals surface area contributed by atoms with Crippen LogP contribution >= 0.6 is 11.6 Å². The Labute approximate surface area is 158 Å². The van der Waals surface area contributed by atoms with Crippen molar-refractivity contribution in [2.75, 3.05) is 25.2 Å². The predicted molar refractivity (Wildman–Crippen MR) is 101 cm³/mol. The van der Waals surface area contributed by atoms with Crippen molar-refractivity contribution >= 4 is 33.2 Å². The fourth-order valence-electron chi connectivity index (χ4n) is 2.24. The summed E-state index contributed by atoms with van der Waals surface area (Å²) in [7, 11) is -2.14. The van der Waals surface area contributed by atoms with Crippen molar-refractivity contribution < 1.29 is 17.9 Å². The van der Waals surface area contributed by atoms with Gasteiger partial charge in [-0.25, -0.2) is 8.42 Å². The fourth-order valence-corrected chi connectivity index (χ4v) is 3.11. The van der Waals surface area contributed by atoms with Gasteiger partial charge in [0.15, 0.2) is 0 Å². The number of ether oxygens (including phenoxy) is 1. The summed E-state index contributed by atoms with van der Waals surface area (Å²) < 4.78 is 30.3. The molecule has 1 heterocycles. The summed E-state index contributed by atoms with van der Waals surface area (Å²) >= 11 is 6.05. The Morgan fingerprint density at radius 2 is 2.08 bits per heavy atom. The first-order valence-corrected chi connectivity index (χ1v) is 9.92. The number of benzene rings is 1. The van der Waals surface area contributed by atoms with E-state index in [1.807, 2.05) is 0 Å². The number of aryl methyl sites for hydroxylation is 1. The third kappa shape index (κ3) is 5.42. The summed E-state index contributed by atoms with van der Waals surface area (Å²) in [5, 5.41) is 3.18. The molecule has 7 nitrogen and oxygen atoms in total. The van der Waals surface area contributed by atoms with E-state index in [-0.39, 0.29) is 13.1 Å². The Bertz CT molecular complexity index is 888. The number of hydrogen-bond donors (Lipinski definition) is 1. The minimum atomic E-state index is -3.60. The van der Waals surface area contributed by atoms with Crippen molar-refractivity contribution in [3.8, 4) is 5.75 Å². The highest BCUT2D eigenvalue weighted by Crippen LogP contribution is 2.30. The lowest BCUT2D eigenvalue weighted by Crippen LogP contribution is -2.37. The fraction of sp³-hybridized carbons (Fsp3) is 0.294. The van der Waals surface area contributed by atoms with Gasteiger partial charge in [0.05, 0.1) is 37.8 Å². The number of pyridine rings is 1. The summed E-state index contributed by atoms with van der Waals surface area (Å²) in [6.45, 7) is 1.45. The molecule has 2 rings (SSSR count). The van der Waals surface area contributed by atoms with Crippen molar-refractivity contribution in [3.05, 3.63) is 52.8 Å². The smallest absolute Gasteiger partial charge is 0.239 e. The van der Waals surface area contributed by atoms with E-state index in [0.717, 1.165) is 16.1 Å². The van der Waals surface area contributed by atoms with Crippen molar-refractivity contribution in [2.45, 2.75) is 13.5 Å². The highest BCUT2D eigenvalue weighted by atomic mass is 35.5. The first-order chi connectivity index (χ1) is 12.2. The van der Waals surface area contributed by atoms with E-state index in [1.165, 1.54) is 7.11 Å². The van der Waals surface area contributed by atoms with Gasteiger partial charge in [-0.1, -0.05) is 17.7 Å². The Kier molecular flexibility index (Phi) is 6.57. The van der Waals surface area contributed by atoms with Crippen molar-refractivity contribution in [1.82, 2.24) is 9.29 Å². The normalized spacial score (nSPS) is 11.4. The minimum Gasteiger partial charge on any atom is -0.495 e. The summed E-state index contributed by atoms with van der Waals surface area (Å²) in [5.41, 5.74) is 1.73. The number of aromatic nitrogens is 1. The molecular formula is C17H20ClN3O4S. The van der Waals surface area contributed by atoms with Crippen LogP contribution in [0.5, 0.6) is 5.75 Å². The lowest BCUT2D eigenvalue weighted by Gasteiger charge is -2.20. The van der Waals surface area contributed by atoms with Gasteiger partial charge in [0.25, 0.3) is 0 Å². The van der Waals surface area contributed by atoms with Crippen molar-refractivity contribution in [3.63, 3.8) is 0 Å². The monoisotopic (exact) mass is 397 g/mol. The zero-order valence-electron chi connectivity index (χ0n) is 14.7. The largest absolute Gasteiger partial charge is 0.495 e. The average molecular weight is 398 g/mol. The molecular weight excluding hydrogens is 378 g/mol. The van der Waals surface area contributed by atoms with Crippen LogP contribution in [-0.2, 0) is 21.4 Å². The van der Waals surface area contributed by atoms with Crippen LogP contribution in [0.15, 0.2) is 36.5 Å². The number of halogens is 1. The first-order valence-electron chi connectivity index (χ1n) is 7.69. The summed E-state index contributed by atoms with van der Waals surface area (Å²) in [6, 6.07) is 8.44. The molecule has 26 heavy (non-hydrogen) atoms. The summed E-state index contributed by atoms with van der Waals surface area (Å²) in [5.74, 6) is -0.101. The molecule has 0 unspecified atom stereocenters. The van der Waals surface area contributed by atoms with Crippen LogP contribution in [0, 0.1) is 6.92 Å². The second kappa shape index (κ2) is 8.48. The van der Waals surface area contributed by atoms with Gasteiger partial charge in [0, 0.05) is 17.3 Å². The van der Waals surface area contributed by atoms with E-state index < -0.39 is 15.9 Å². The van der Waals surface area contributed by atoms with E-state index in [2.05, 4.69) is 10.3 Å². The number of nitrogens with one attached hydrogen (secondary N) is 1. The van der Waals surface area contributed by atoms with E-state index in [4.69, 9.17) is 16.3 Å². The highest BCUT2D eigenvalue weighted by molar-refractivity contribution is 7.88. The molecule has 1 aromatic heterocycles. The highest BCUT2D eigenvalue weighted by Gasteiger charge is 2.22. The molecule has 0 bridgehead atoms. The second-order valence-corrected chi connectivity index (χ2v) is 8.09. The quantitative estimate of drug-likeness (QED) is 0.775. The molecule has 0 saturated heterocycles. The van der Waals surface area contributed by atoms with Crippen LogP contribution in [0.2, 0.25) is 5.02 Å². The number of rotatable bonds is 7. The topological polar surface area (TPSA) is 88.6 Å². The van der Waals surface area contributed by atoms with Gasteiger partial charge in [-0.3, -0.25) is 9.78 Å². The van der Waals surface area contributed by atoms with Gasteiger partial charge in [-0.15, -0.1) is 0 Å². The summed E-state index contributed by atoms with van der Waals surface area (Å²) in [6.07, 6.45) is 2.62. The molecule has 2 aromatic rings. The lowest BCUT2D eigenvalue weighted by atomic mass is 10.2. The number of anilines is 1. The molecule has 0 radical (unpaired) electrons. The summed E-state index contributed by atoms with van der Waals surface area (Å²) in [4.78, 5) is 16.5. The Morgan fingerprint density at radius 3 is 2.65 bits per heavy atom. The van der Waals surface area contributed by atoms with Crippen LogP contribution in [0.25, 0.3) is 0 Å². The Morgan fingerprint density at radius 1 is 1.35 bits per heavy atom. The minimum absolute atomic E-state index is 0.00384. The van der Waals surface area contributed by atoms with E-state index in [9.17, 15) is 13.2 Å². The van der Waals surface area contributed by atoms with Crippen molar-refractivity contribution in [1.29, 1.82) is 0 Å². The standard InChI is InChI=1S/C17H20ClN3O4S/c1-12-8-15(16(25-2)9-14(12)18)20-17(22)11-21(26(3,23)24)10-13-6-4-5-7-19-13/h4-9H,10-11H2,1-3H3,(H,20,22). The molecule has 9 heteroatoms. The number of hydrogen-bond acceptors (Lipinski definition) is 5. The zero-order valence-corrected chi connectivity index (χ0v) is 16.3. The molecule has 0 aliphatic heterocycles. The van der Waals surface area contributed by atoms with Crippen LogP contribution in [-0.4, -0.2) is 43.5 Å². The Hall–Kier alpha value is -2.16. The maximum absolute atomic E-state index is 12.4. The van der Waals surface area contributed by atoms with Crippen LogP contribution in [0.1, 0.15) is 11.3 Å². The Balaban J connectivity index is 2.17.